The molecule has 1 fully saturated rings. The molecule has 1 aromatic carbocycles. The Morgan fingerprint density at radius 2 is 1.90 bits per heavy atom. The molecule has 20 heavy (non-hydrogen) atoms. The number of amides is 2. The summed E-state index contributed by atoms with van der Waals surface area (Å²) >= 11 is 0. The lowest BCUT2D eigenvalue weighted by molar-refractivity contribution is -0.134. The second kappa shape index (κ2) is 5.65. The maximum absolute atomic E-state index is 12.7. The molecule has 1 aliphatic heterocycles. The Balaban J connectivity index is 2.47. The van der Waals surface area contributed by atoms with E-state index >= 15 is 0 Å². The topological polar surface area (TPSA) is 49.4 Å². The molecule has 108 valence electrons. The van der Waals surface area contributed by atoms with E-state index in [-0.39, 0.29) is 17.7 Å². The van der Waals surface area contributed by atoms with Gasteiger partial charge in [-0.2, -0.15) is 0 Å². The highest BCUT2D eigenvalue weighted by atomic mass is 16.2. The van der Waals surface area contributed by atoms with Crippen molar-refractivity contribution in [3.8, 4) is 0 Å². The van der Waals surface area contributed by atoms with Crippen molar-refractivity contribution in [2.24, 2.45) is 5.92 Å². The van der Waals surface area contributed by atoms with Gasteiger partial charge in [-0.3, -0.25) is 14.5 Å². The highest BCUT2D eigenvalue weighted by Gasteiger charge is 2.41. The van der Waals surface area contributed by atoms with Crippen molar-refractivity contribution >= 4 is 17.5 Å². The summed E-state index contributed by atoms with van der Waals surface area (Å²) in [5, 5.41) is 2.86. The fraction of sp³-hybridized carbons (Fsp3) is 0.500. The summed E-state index contributed by atoms with van der Waals surface area (Å²) in [7, 11) is 0. The average Bonchev–Trinajstić information content (AvgIpc) is 2.41. The first-order valence-electron chi connectivity index (χ1n) is 7.16. The van der Waals surface area contributed by atoms with E-state index in [2.05, 4.69) is 5.32 Å². The number of para-hydroxylation sites is 1. The summed E-state index contributed by atoms with van der Waals surface area (Å²) in [4.78, 5) is 26.7. The average molecular weight is 274 g/mol. The lowest BCUT2D eigenvalue weighted by Gasteiger charge is -2.40. The molecule has 1 aromatic rings. The van der Waals surface area contributed by atoms with Crippen LogP contribution in [0.25, 0.3) is 0 Å². The number of hydrogen-bond donors (Lipinski definition) is 1. The van der Waals surface area contributed by atoms with Crippen molar-refractivity contribution in [3.63, 3.8) is 0 Å². The van der Waals surface area contributed by atoms with Crippen LogP contribution in [0.2, 0.25) is 0 Å². The number of aryl methyl sites for hydroxylation is 1. The quantitative estimate of drug-likeness (QED) is 0.919. The number of nitrogens with one attached hydrogen (secondary N) is 1. The van der Waals surface area contributed by atoms with Crippen molar-refractivity contribution in [2.75, 3.05) is 4.90 Å². The van der Waals surface area contributed by atoms with Crippen LogP contribution in [-0.4, -0.2) is 23.9 Å². The lowest BCUT2D eigenvalue weighted by atomic mass is 9.95. The zero-order chi connectivity index (χ0) is 14.9. The molecule has 4 heteroatoms. The molecule has 1 aliphatic rings. The normalized spacial score (nSPS) is 23.1. The Morgan fingerprint density at radius 3 is 2.45 bits per heavy atom. The van der Waals surface area contributed by atoms with Crippen molar-refractivity contribution in [2.45, 2.75) is 46.2 Å². The van der Waals surface area contributed by atoms with Gasteiger partial charge in [0.05, 0.1) is 0 Å². The number of carbonyl (C=O) groups is 2. The van der Waals surface area contributed by atoms with Gasteiger partial charge in [0.15, 0.2) is 0 Å². The van der Waals surface area contributed by atoms with Gasteiger partial charge in [-0.05, 0) is 30.9 Å². The first-order valence-corrected chi connectivity index (χ1v) is 7.16. The monoisotopic (exact) mass is 274 g/mol. The number of benzene rings is 1. The van der Waals surface area contributed by atoms with E-state index < -0.39 is 12.1 Å². The first-order chi connectivity index (χ1) is 9.47. The molecule has 2 rings (SSSR count). The second-order valence-corrected chi connectivity index (χ2v) is 5.65. The SMILES string of the molecule is CCC1C(=O)NC(C(C)C)C(=O)N1c1ccccc1C. The number of hydrogen-bond acceptors (Lipinski definition) is 2. The van der Waals surface area contributed by atoms with Gasteiger partial charge in [0.1, 0.15) is 12.1 Å². The van der Waals surface area contributed by atoms with Crippen molar-refractivity contribution in [3.05, 3.63) is 29.8 Å². The molecule has 0 aromatic heterocycles. The second-order valence-electron chi connectivity index (χ2n) is 5.65. The Bertz CT molecular complexity index is 525. The maximum Gasteiger partial charge on any atom is 0.250 e. The van der Waals surface area contributed by atoms with Crippen molar-refractivity contribution in [1.82, 2.24) is 5.32 Å². The maximum atomic E-state index is 12.7. The van der Waals surface area contributed by atoms with Crippen LogP contribution in [0.5, 0.6) is 0 Å². The first kappa shape index (κ1) is 14.6. The molecule has 0 aliphatic carbocycles. The van der Waals surface area contributed by atoms with E-state index in [1.165, 1.54) is 0 Å². The summed E-state index contributed by atoms with van der Waals surface area (Å²) in [5.41, 5.74) is 1.85. The van der Waals surface area contributed by atoms with Gasteiger partial charge >= 0.3 is 0 Å². The number of nitrogens with zero attached hydrogens (tertiary/aromatic N) is 1. The van der Waals surface area contributed by atoms with E-state index in [9.17, 15) is 9.59 Å². The van der Waals surface area contributed by atoms with Crippen LogP contribution >= 0.6 is 0 Å². The molecule has 0 radical (unpaired) electrons. The van der Waals surface area contributed by atoms with Crippen LogP contribution < -0.4 is 10.2 Å². The summed E-state index contributed by atoms with van der Waals surface area (Å²) in [6, 6.07) is 6.86. The molecular formula is C16H22N2O2. The molecule has 1 N–H and O–H groups in total. The van der Waals surface area contributed by atoms with Crippen LogP contribution in [-0.2, 0) is 9.59 Å². The van der Waals surface area contributed by atoms with Gasteiger partial charge in [-0.15, -0.1) is 0 Å². The predicted octanol–water partition coefficient (Wildman–Crippen LogP) is 2.26. The van der Waals surface area contributed by atoms with E-state index in [0.29, 0.717) is 6.42 Å². The van der Waals surface area contributed by atoms with Gasteiger partial charge in [0.2, 0.25) is 5.91 Å². The molecule has 1 saturated heterocycles. The predicted molar refractivity (Wildman–Crippen MR) is 79.5 cm³/mol. The standard InChI is InChI=1S/C16H22N2O2/c1-5-12-15(19)17-14(10(2)3)16(20)18(12)13-9-7-6-8-11(13)4/h6-10,12,14H,5H2,1-4H3,(H,17,19). The fourth-order valence-corrected chi connectivity index (χ4v) is 2.67. The highest BCUT2D eigenvalue weighted by Crippen LogP contribution is 2.27. The third-order valence-corrected chi connectivity index (χ3v) is 3.84. The van der Waals surface area contributed by atoms with Gasteiger partial charge < -0.3 is 5.32 Å². The largest absolute Gasteiger partial charge is 0.342 e. The molecule has 0 spiro atoms. The van der Waals surface area contributed by atoms with Gasteiger partial charge in [0, 0.05) is 5.69 Å². The molecule has 1 heterocycles. The third-order valence-electron chi connectivity index (χ3n) is 3.84. The molecule has 2 atom stereocenters. The van der Waals surface area contributed by atoms with E-state index in [1.807, 2.05) is 52.0 Å². The van der Waals surface area contributed by atoms with Crippen LogP contribution in [0.1, 0.15) is 32.8 Å². The number of anilines is 1. The number of piperazine rings is 1. The summed E-state index contributed by atoms with van der Waals surface area (Å²) in [5.74, 6) is 0.00516. The molecule has 2 amide bonds. The molecule has 0 bridgehead atoms. The van der Waals surface area contributed by atoms with Gasteiger partial charge in [0.25, 0.3) is 5.91 Å². The summed E-state index contributed by atoms with van der Waals surface area (Å²) in [6.07, 6.45) is 0.608. The summed E-state index contributed by atoms with van der Waals surface area (Å²) in [6.45, 7) is 7.79. The van der Waals surface area contributed by atoms with Crippen LogP contribution in [0.15, 0.2) is 24.3 Å². The van der Waals surface area contributed by atoms with Gasteiger partial charge in [-0.1, -0.05) is 39.0 Å². The molecule has 2 unspecified atom stereocenters. The zero-order valence-corrected chi connectivity index (χ0v) is 12.5. The summed E-state index contributed by atoms with van der Waals surface area (Å²) < 4.78 is 0. The lowest BCUT2D eigenvalue weighted by Crippen LogP contribution is -2.65. The van der Waals surface area contributed by atoms with E-state index in [4.69, 9.17) is 0 Å². The fourth-order valence-electron chi connectivity index (χ4n) is 2.67. The van der Waals surface area contributed by atoms with Crippen molar-refractivity contribution < 1.29 is 9.59 Å². The Morgan fingerprint density at radius 1 is 1.25 bits per heavy atom. The number of carbonyl (C=O) groups excluding carboxylic acids is 2. The number of rotatable bonds is 3. The zero-order valence-electron chi connectivity index (χ0n) is 12.5. The van der Waals surface area contributed by atoms with Crippen LogP contribution in [0, 0.1) is 12.8 Å². The highest BCUT2D eigenvalue weighted by molar-refractivity contribution is 6.08. The third kappa shape index (κ3) is 2.42. The molecular weight excluding hydrogens is 252 g/mol. The molecule has 0 saturated carbocycles. The van der Waals surface area contributed by atoms with E-state index in [0.717, 1.165) is 11.3 Å². The minimum atomic E-state index is -0.440. The smallest absolute Gasteiger partial charge is 0.250 e. The molecule has 4 nitrogen and oxygen atoms in total. The van der Waals surface area contributed by atoms with E-state index in [1.54, 1.807) is 4.90 Å². The Labute approximate surface area is 120 Å². The Kier molecular flexibility index (Phi) is 4.12. The minimum absolute atomic E-state index is 0.0132. The van der Waals surface area contributed by atoms with Crippen LogP contribution in [0.4, 0.5) is 5.69 Å². The minimum Gasteiger partial charge on any atom is -0.342 e. The van der Waals surface area contributed by atoms with Gasteiger partial charge in [-0.25, -0.2) is 0 Å². The van der Waals surface area contributed by atoms with Crippen LogP contribution in [0.3, 0.4) is 0 Å². The Hall–Kier alpha value is -1.84. The van der Waals surface area contributed by atoms with Crippen molar-refractivity contribution in [1.29, 1.82) is 0 Å².